The van der Waals surface area contributed by atoms with Gasteiger partial charge in [-0.1, -0.05) is 77.8 Å². The number of carbonyl (C=O) groups is 2. The number of nitrogens with zero attached hydrogens (tertiary/aromatic N) is 1. The van der Waals surface area contributed by atoms with Crippen LogP contribution in [0.2, 0.25) is 10.0 Å². The monoisotopic (exact) mass is 454 g/mol. The molecule has 0 heterocycles. The predicted octanol–water partition coefficient (Wildman–Crippen LogP) is 5.27. The number of rotatable bonds is 8. The first-order valence-electron chi connectivity index (χ1n) is 10.0. The molecule has 3 aromatic rings. The Balaban J connectivity index is 1.72. The topological polar surface area (TPSA) is 49.4 Å². The molecule has 0 bridgehead atoms. The molecule has 1 atom stereocenters. The minimum Gasteiger partial charge on any atom is -0.350 e. The lowest BCUT2D eigenvalue weighted by atomic mass is 10.1. The van der Waals surface area contributed by atoms with Crippen molar-refractivity contribution < 1.29 is 9.59 Å². The zero-order valence-corrected chi connectivity index (χ0v) is 18.7. The van der Waals surface area contributed by atoms with Crippen LogP contribution >= 0.6 is 23.2 Å². The fourth-order valence-corrected chi connectivity index (χ4v) is 3.43. The molecule has 0 aliphatic heterocycles. The van der Waals surface area contributed by atoms with Crippen molar-refractivity contribution in [2.24, 2.45) is 0 Å². The predicted molar refractivity (Wildman–Crippen MR) is 125 cm³/mol. The summed E-state index contributed by atoms with van der Waals surface area (Å²) in [5.41, 5.74) is 2.75. The van der Waals surface area contributed by atoms with Gasteiger partial charge in [0.15, 0.2) is 0 Å². The summed E-state index contributed by atoms with van der Waals surface area (Å²) >= 11 is 11.9. The van der Waals surface area contributed by atoms with Crippen LogP contribution in [-0.4, -0.2) is 22.8 Å². The Hall–Kier alpha value is -2.82. The van der Waals surface area contributed by atoms with Crippen LogP contribution in [0.15, 0.2) is 78.9 Å². The second kappa shape index (κ2) is 11.0. The van der Waals surface area contributed by atoms with E-state index in [1.165, 1.54) is 0 Å². The molecule has 0 aromatic heterocycles. The van der Waals surface area contributed by atoms with Gasteiger partial charge < -0.3 is 10.2 Å². The Morgan fingerprint density at radius 2 is 1.35 bits per heavy atom. The van der Waals surface area contributed by atoms with Gasteiger partial charge in [0.1, 0.15) is 6.04 Å². The van der Waals surface area contributed by atoms with E-state index in [-0.39, 0.29) is 18.2 Å². The Labute approximate surface area is 192 Å². The fraction of sp³-hybridized carbons (Fsp3) is 0.200. The maximum atomic E-state index is 13.1. The summed E-state index contributed by atoms with van der Waals surface area (Å²) in [5.74, 6) is -0.333. The summed E-state index contributed by atoms with van der Waals surface area (Å²) in [4.78, 5) is 27.6. The van der Waals surface area contributed by atoms with Gasteiger partial charge >= 0.3 is 0 Å². The number of benzene rings is 3. The molecule has 31 heavy (non-hydrogen) atoms. The van der Waals surface area contributed by atoms with Gasteiger partial charge in [-0.05, 0) is 47.9 Å². The highest BCUT2D eigenvalue weighted by molar-refractivity contribution is 6.30. The zero-order valence-electron chi connectivity index (χ0n) is 17.2. The van der Waals surface area contributed by atoms with Crippen LogP contribution in [-0.2, 0) is 29.1 Å². The summed E-state index contributed by atoms with van der Waals surface area (Å²) in [6.45, 7) is 2.43. The van der Waals surface area contributed by atoms with Crippen molar-refractivity contribution in [3.8, 4) is 0 Å². The summed E-state index contributed by atoms with van der Waals surface area (Å²) in [5, 5.41) is 4.18. The molecule has 6 heteroatoms. The number of hydrogen-bond donors (Lipinski definition) is 1. The zero-order chi connectivity index (χ0) is 22.2. The lowest BCUT2D eigenvalue weighted by molar-refractivity contribution is -0.140. The molecule has 0 aliphatic carbocycles. The average Bonchev–Trinajstić information content (AvgIpc) is 2.78. The van der Waals surface area contributed by atoms with Gasteiger partial charge in [0.05, 0.1) is 6.42 Å². The molecule has 0 spiro atoms. The summed E-state index contributed by atoms with van der Waals surface area (Å²) in [7, 11) is 0. The lowest BCUT2D eigenvalue weighted by Gasteiger charge is -2.29. The van der Waals surface area contributed by atoms with E-state index >= 15 is 0 Å². The van der Waals surface area contributed by atoms with Gasteiger partial charge in [0, 0.05) is 23.1 Å². The molecular weight excluding hydrogens is 431 g/mol. The highest BCUT2D eigenvalue weighted by Crippen LogP contribution is 2.16. The first kappa shape index (κ1) is 22.9. The Bertz CT molecular complexity index is 1010. The van der Waals surface area contributed by atoms with Crippen LogP contribution in [0.1, 0.15) is 23.6 Å². The van der Waals surface area contributed by atoms with Gasteiger partial charge in [-0.2, -0.15) is 0 Å². The molecule has 1 N–H and O–H groups in total. The Morgan fingerprint density at radius 1 is 0.806 bits per heavy atom. The normalized spacial score (nSPS) is 11.6. The first-order valence-corrected chi connectivity index (χ1v) is 10.8. The van der Waals surface area contributed by atoms with E-state index in [2.05, 4.69) is 5.32 Å². The molecule has 3 aromatic carbocycles. The van der Waals surface area contributed by atoms with Crippen molar-refractivity contribution in [1.29, 1.82) is 0 Å². The summed E-state index contributed by atoms with van der Waals surface area (Å²) in [6, 6.07) is 23.4. The van der Waals surface area contributed by atoms with Crippen molar-refractivity contribution in [1.82, 2.24) is 10.2 Å². The first-order chi connectivity index (χ1) is 14.9. The summed E-state index contributed by atoms with van der Waals surface area (Å²) < 4.78 is 0. The maximum Gasteiger partial charge on any atom is 0.242 e. The molecule has 0 saturated carbocycles. The highest BCUT2D eigenvalue weighted by Gasteiger charge is 2.26. The largest absolute Gasteiger partial charge is 0.350 e. The average molecular weight is 455 g/mol. The number of halogens is 2. The Morgan fingerprint density at radius 3 is 1.94 bits per heavy atom. The van der Waals surface area contributed by atoms with E-state index in [1.54, 1.807) is 36.1 Å². The quantitative estimate of drug-likeness (QED) is 0.503. The number of carbonyl (C=O) groups excluding carboxylic acids is 2. The van der Waals surface area contributed by atoms with Gasteiger partial charge in [-0.25, -0.2) is 0 Å². The minimum absolute atomic E-state index is 0.115. The SMILES string of the molecule is C[C@@H](C(=O)NCc1ccc(Cl)cc1)N(Cc1ccc(Cl)cc1)C(=O)Cc1ccccc1. The second-order valence-corrected chi connectivity index (χ2v) is 8.20. The van der Waals surface area contributed by atoms with Crippen LogP contribution in [0.3, 0.4) is 0 Å². The molecule has 2 amide bonds. The smallest absolute Gasteiger partial charge is 0.242 e. The van der Waals surface area contributed by atoms with Crippen molar-refractivity contribution in [3.63, 3.8) is 0 Å². The van der Waals surface area contributed by atoms with Gasteiger partial charge in [0.2, 0.25) is 11.8 Å². The molecule has 4 nitrogen and oxygen atoms in total. The minimum atomic E-state index is -0.640. The van der Waals surface area contributed by atoms with Crippen molar-refractivity contribution >= 4 is 35.0 Å². The fourth-order valence-electron chi connectivity index (χ4n) is 3.18. The van der Waals surface area contributed by atoms with Gasteiger partial charge in [-0.3, -0.25) is 9.59 Å². The van der Waals surface area contributed by atoms with Crippen molar-refractivity contribution in [2.45, 2.75) is 32.5 Å². The number of hydrogen-bond acceptors (Lipinski definition) is 2. The molecule has 0 unspecified atom stereocenters. The maximum absolute atomic E-state index is 13.1. The van der Waals surface area contributed by atoms with Crippen LogP contribution in [0.4, 0.5) is 0 Å². The molecule has 0 aliphatic rings. The highest BCUT2D eigenvalue weighted by atomic mass is 35.5. The summed E-state index contributed by atoms with van der Waals surface area (Å²) in [6.07, 6.45) is 0.225. The van der Waals surface area contributed by atoms with Gasteiger partial charge in [0.25, 0.3) is 0 Å². The van der Waals surface area contributed by atoms with E-state index in [9.17, 15) is 9.59 Å². The third kappa shape index (κ3) is 6.84. The van der Waals surface area contributed by atoms with Crippen molar-refractivity contribution in [2.75, 3.05) is 0 Å². The van der Waals surface area contributed by atoms with E-state index in [4.69, 9.17) is 23.2 Å². The number of amides is 2. The van der Waals surface area contributed by atoms with E-state index < -0.39 is 6.04 Å². The van der Waals surface area contributed by atoms with Crippen LogP contribution in [0.5, 0.6) is 0 Å². The molecule has 160 valence electrons. The number of nitrogens with one attached hydrogen (secondary N) is 1. The standard InChI is InChI=1S/C25H24Cl2N2O2/c1-18(25(31)28-16-20-7-11-22(26)12-8-20)29(17-21-9-13-23(27)14-10-21)24(30)15-19-5-3-2-4-6-19/h2-14,18H,15-17H2,1H3,(H,28,31)/t18-/m0/s1. The van der Waals surface area contributed by atoms with Crippen LogP contribution in [0.25, 0.3) is 0 Å². The third-order valence-corrected chi connectivity index (χ3v) is 5.52. The molecule has 0 saturated heterocycles. The third-order valence-electron chi connectivity index (χ3n) is 5.01. The second-order valence-electron chi connectivity index (χ2n) is 7.33. The van der Waals surface area contributed by atoms with E-state index in [0.717, 1.165) is 16.7 Å². The van der Waals surface area contributed by atoms with Crippen LogP contribution in [0, 0.1) is 0 Å². The molecular formula is C25H24Cl2N2O2. The lowest BCUT2D eigenvalue weighted by Crippen LogP contribution is -2.47. The molecule has 0 fully saturated rings. The van der Waals surface area contributed by atoms with E-state index in [0.29, 0.717) is 23.1 Å². The molecule has 3 rings (SSSR count). The van der Waals surface area contributed by atoms with Crippen LogP contribution < -0.4 is 5.32 Å². The van der Waals surface area contributed by atoms with E-state index in [1.807, 2.05) is 54.6 Å². The van der Waals surface area contributed by atoms with Gasteiger partial charge in [-0.15, -0.1) is 0 Å². The Kier molecular flexibility index (Phi) is 8.10. The molecule has 0 radical (unpaired) electrons. The van der Waals surface area contributed by atoms with Crippen molar-refractivity contribution in [3.05, 3.63) is 106 Å².